The van der Waals surface area contributed by atoms with Gasteiger partial charge < -0.3 is 21.4 Å². The number of amidine groups is 1. The average Bonchev–Trinajstić information content (AvgIpc) is 2.35. The maximum absolute atomic E-state index is 11.8. The molecule has 6 nitrogen and oxygen atoms in total. The van der Waals surface area contributed by atoms with Crippen molar-refractivity contribution in [2.24, 2.45) is 16.3 Å². The maximum Gasteiger partial charge on any atom is 0.251 e. The number of amides is 1. The molecular weight excluding hydrogens is 234 g/mol. The molecule has 18 heavy (non-hydrogen) atoms. The molecule has 0 radical (unpaired) electrons. The standard InChI is InChI=1S/C12H17N3O3/c1-12(2,11(13)15-18)7-14-10(17)8-3-5-9(16)6-4-8/h3-6,16,18H,7H2,1-2H3,(H2,13,15)(H,14,17). The number of hydrogen-bond acceptors (Lipinski definition) is 4. The van der Waals surface area contributed by atoms with Gasteiger partial charge in [-0.15, -0.1) is 0 Å². The van der Waals surface area contributed by atoms with E-state index in [4.69, 9.17) is 16.0 Å². The summed E-state index contributed by atoms with van der Waals surface area (Å²) in [7, 11) is 0. The second-order valence-electron chi connectivity index (χ2n) is 4.60. The Morgan fingerprint density at radius 2 is 1.94 bits per heavy atom. The summed E-state index contributed by atoms with van der Waals surface area (Å²) >= 11 is 0. The Hall–Kier alpha value is -2.24. The monoisotopic (exact) mass is 251 g/mol. The Kier molecular flexibility index (Phi) is 4.14. The van der Waals surface area contributed by atoms with Crippen LogP contribution in [0.1, 0.15) is 24.2 Å². The van der Waals surface area contributed by atoms with Gasteiger partial charge in [0.2, 0.25) is 0 Å². The highest BCUT2D eigenvalue weighted by Gasteiger charge is 2.24. The smallest absolute Gasteiger partial charge is 0.251 e. The first kappa shape index (κ1) is 13.8. The lowest BCUT2D eigenvalue weighted by molar-refractivity contribution is 0.0944. The molecule has 0 aliphatic carbocycles. The van der Waals surface area contributed by atoms with E-state index in [1.165, 1.54) is 24.3 Å². The van der Waals surface area contributed by atoms with Gasteiger partial charge in [0.15, 0.2) is 0 Å². The zero-order chi connectivity index (χ0) is 13.8. The van der Waals surface area contributed by atoms with Crippen LogP contribution in [0.4, 0.5) is 0 Å². The van der Waals surface area contributed by atoms with Gasteiger partial charge in [0.25, 0.3) is 5.91 Å². The average molecular weight is 251 g/mol. The molecule has 0 bridgehead atoms. The first-order valence-electron chi connectivity index (χ1n) is 5.42. The molecule has 0 aliphatic heterocycles. The third-order valence-corrected chi connectivity index (χ3v) is 2.62. The molecule has 1 aromatic carbocycles. The van der Waals surface area contributed by atoms with Gasteiger partial charge in [-0.25, -0.2) is 0 Å². The van der Waals surface area contributed by atoms with Gasteiger partial charge in [0, 0.05) is 17.5 Å². The minimum Gasteiger partial charge on any atom is -0.508 e. The third-order valence-electron chi connectivity index (χ3n) is 2.62. The number of rotatable bonds is 4. The molecule has 0 saturated heterocycles. The Morgan fingerprint density at radius 3 is 2.44 bits per heavy atom. The molecule has 0 saturated carbocycles. The predicted octanol–water partition coefficient (Wildman–Crippen LogP) is 0.895. The summed E-state index contributed by atoms with van der Waals surface area (Å²) in [4.78, 5) is 11.8. The van der Waals surface area contributed by atoms with E-state index >= 15 is 0 Å². The van der Waals surface area contributed by atoms with E-state index in [1.54, 1.807) is 13.8 Å². The normalized spacial score (nSPS) is 12.2. The van der Waals surface area contributed by atoms with Crippen LogP contribution < -0.4 is 11.1 Å². The van der Waals surface area contributed by atoms with Gasteiger partial charge in [-0.3, -0.25) is 4.79 Å². The molecule has 0 fully saturated rings. The minimum atomic E-state index is -0.638. The van der Waals surface area contributed by atoms with Crippen LogP contribution in [0.25, 0.3) is 0 Å². The summed E-state index contributed by atoms with van der Waals surface area (Å²) in [6.07, 6.45) is 0. The lowest BCUT2D eigenvalue weighted by atomic mass is 9.92. The fraction of sp³-hybridized carbons (Fsp3) is 0.333. The summed E-state index contributed by atoms with van der Waals surface area (Å²) < 4.78 is 0. The summed E-state index contributed by atoms with van der Waals surface area (Å²) in [6, 6.07) is 5.90. The lowest BCUT2D eigenvalue weighted by Crippen LogP contribution is -2.42. The molecule has 98 valence electrons. The molecule has 0 unspecified atom stereocenters. The summed E-state index contributed by atoms with van der Waals surface area (Å²) in [5.74, 6) is -0.133. The minimum absolute atomic E-state index is 0.0495. The first-order valence-corrected chi connectivity index (χ1v) is 5.42. The van der Waals surface area contributed by atoms with E-state index < -0.39 is 5.41 Å². The number of aromatic hydroxyl groups is 1. The molecule has 0 heterocycles. The number of carbonyl (C=O) groups excluding carboxylic acids is 1. The molecular formula is C12H17N3O3. The van der Waals surface area contributed by atoms with E-state index in [0.29, 0.717) is 5.56 Å². The molecule has 1 aromatic rings. The molecule has 1 rings (SSSR count). The van der Waals surface area contributed by atoms with Crippen LogP contribution >= 0.6 is 0 Å². The van der Waals surface area contributed by atoms with E-state index in [9.17, 15) is 4.79 Å². The highest BCUT2D eigenvalue weighted by molar-refractivity contribution is 5.95. The maximum atomic E-state index is 11.8. The fourth-order valence-corrected chi connectivity index (χ4v) is 1.24. The zero-order valence-corrected chi connectivity index (χ0v) is 10.3. The second-order valence-corrected chi connectivity index (χ2v) is 4.60. The van der Waals surface area contributed by atoms with Crippen molar-refractivity contribution in [1.29, 1.82) is 0 Å². The second kappa shape index (κ2) is 5.39. The molecule has 6 heteroatoms. The van der Waals surface area contributed by atoms with Crippen LogP contribution in [0.3, 0.4) is 0 Å². The number of nitrogens with zero attached hydrogens (tertiary/aromatic N) is 1. The number of oxime groups is 1. The summed E-state index contributed by atoms with van der Waals surface area (Å²) in [5.41, 5.74) is 5.31. The zero-order valence-electron chi connectivity index (χ0n) is 10.3. The van der Waals surface area contributed by atoms with Gasteiger partial charge in [0.1, 0.15) is 11.6 Å². The van der Waals surface area contributed by atoms with Crippen LogP contribution in [-0.4, -0.2) is 28.6 Å². The van der Waals surface area contributed by atoms with Crippen molar-refractivity contribution in [2.75, 3.05) is 6.54 Å². The molecule has 0 aromatic heterocycles. The number of benzene rings is 1. The number of nitrogens with two attached hydrogens (primary N) is 1. The van der Waals surface area contributed by atoms with Crippen molar-refractivity contribution in [2.45, 2.75) is 13.8 Å². The van der Waals surface area contributed by atoms with Crippen LogP contribution in [0, 0.1) is 5.41 Å². The first-order chi connectivity index (χ1) is 8.36. The largest absolute Gasteiger partial charge is 0.508 e. The third kappa shape index (κ3) is 3.38. The highest BCUT2D eigenvalue weighted by Crippen LogP contribution is 2.14. The predicted molar refractivity (Wildman–Crippen MR) is 67.6 cm³/mol. The molecule has 0 spiro atoms. The van der Waals surface area contributed by atoms with Crippen molar-refractivity contribution in [3.8, 4) is 5.75 Å². The summed E-state index contributed by atoms with van der Waals surface area (Å²) in [5, 5.41) is 23.3. The fourth-order valence-electron chi connectivity index (χ4n) is 1.24. The van der Waals surface area contributed by atoms with E-state index in [-0.39, 0.29) is 24.0 Å². The Morgan fingerprint density at radius 1 is 1.39 bits per heavy atom. The van der Waals surface area contributed by atoms with Crippen LogP contribution in [0.15, 0.2) is 29.4 Å². The van der Waals surface area contributed by atoms with E-state index in [2.05, 4.69) is 10.5 Å². The number of phenolic OH excluding ortho intramolecular Hbond substituents is 1. The van der Waals surface area contributed by atoms with Gasteiger partial charge in [0.05, 0.1) is 0 Å². The molecule has 0 atom stereocenters. The number of nitrogens with one attached hydrogen (secondary N) is 1. The van der Waals surface area contributed by atoms with Gasteiger partial charge >= 0.3 is 0 Å². The molecule has 5 N–H and O–H groups in total. The van der Waals surface area contributed by atoms with Crippen LogP contribution in [-0.2, 0) is 0 Å². The number of hydrogen-bond donors (Lipinski definition) is 4. The number of carbonyl (C=O) groups is 1. The summed E-state index contributed by atoms with van der Waals surface area (Å²) in [6.45, 7) is 3.74. The quantitative estimate of drug-likeness (QED) is 0.276. The Labute approximate surface area is 105 Å². The topological polar surface area (TPSA) is 108 Å². The molecule has 0 aliphatic rings. The van der Waals surface area contributed by atoms with Gasteiger partial charge in [-0.1, -0.05) is 19.0 Å². The number of phenols is 1. The van der Waals surface area contributed by atoms with Gasteiger partial charge in [-0.05, 0) is 24.3 Å². The lowest BCUT2D eigenvalue weighted by Gasteiger charge is -2.23. The van der Waals surface area contributed by atoms with E-state index in [0.717, 1.165) is 0 Å². The molecule has 1 amide bonds. The van der Waals surface area contributed by atoms with Crippen molar-refractivity contribution in [3.05, 3.63) is 29.8 Å². The Balaban J connectivity index is 2.64. The van der Waals surface area contributed by atoms with Crippen LogP contribution in [0.5, 0.6) is 5.75 Å². The van der Waals surface area contributed by atoms with Crippen molar-refractivity contribution < 1.29 is 15.1 Å². The van der Waals surface area contributed by atoms with Gasteiger partial charge in [-0.2, -0.15) is 0 Å². The van der Waals surface area contributed by atoms with E-state index in [1.807, 2.05) is 0 Å². The van der Waals surface area contributed by atoms with Crippen molar-refractivity contribution in [1.82, 2.24) is 5.32 Å². The van der Waals surface area contributed by atoms with Crippen molar-refractivity contribution >= 4 is 11.7 Å². The Bertz CT molecular complexity index is 452. The highest BCUT2D eigenvalue weighted by atomic mass is 16.4. The van der Waals surface area contributed by atoms with Crippen molar-refractivity contribution in [3.63, 3.8) is 0 Å². The van der Waals surface area contributed by atoms with Crippen LogP contribution in [0.2, 0.25) is 0 Å². The SMILES string of the molecule is CC(C)(CNC(=O)c1ccc(O)cc1)/C(N)=N/O.